The van der Waals surface area contributed by atoms with Crippen molar-refractivity contribution in [3.8, 4) is 0 Å². The van der Waals surface area contributed by atoms with Crippen molar-refractivity contribution in [3.63, 3.8) is 0 Å². The van der Waals surface area contributed by atoms with Gasteiger partial charge in [-0.1, -0.05) is 30.1 Å². The Balaban J connectivity index is 1.36. The molecule has 0 aromatic heterocycles. The van der Waals surface area contributed by atoms with Crippen LogP contribution in [0.2, 0.25) is 10.0 Å². The SMILES string of the molecule is C[C@@H]1CC[C@H]2C(=O)N(c3ccc(N4CCN(c5ccc(Cl)c(Cl)c5)CC4)c([N+](=O)[O-])c3)C(=O)[C@H]2C1. The third-order valence-electron chi connectivity index (χ3n) is 7.49. The number of piperazine rings is 1. The van der Waals surface area contributed by atoms with Gasteiger partial charge >= 0.3 is 0 Å². The summed E-state index contributed by atoms with van der Waals surface area (Å²) in [5, 5.41) is 13.0. The summed E-state index contributed by atoms with van der Waals surface area (Å²) >= 11 is 12.2. The van der Waals surface area contributed by atoms with Crippen molar-refractivity contribution in [1.29, 1.82) is 0 Å². The zero-order chi connectivity index (χ0) is 24.9. The zero-order valence-corrected chi connectivity index (χ0v) is 20.8. The lowest BCUT2D eigenvalue weighted by Gasteiger charge is -2.37. The maximum absolute atomic E-state index is 13.1. The van der Waals surface area contributed by atoms with Gasteiger partial charge < -0.3 is 9.80 Å². The highest BCUT2D eigenvalue weighted by atomic mass is 35.5. The molecule has 8 nitrogen and oxygen atoms in total. The Hall–Kier alpha value is -2.84. The molecule has 0 spiro atoms. The second-order valence-electron chi connectivity index (χ2n) is 9.65. The van der Waals surface area contributed by atoms with E-state index in [1.54, 1.807) is 18.2 Å². The molecule has 1 saturated carbocycles. The van der Waals surface area contributed by atoms with Crippen molar-refractivity contribution in [3.05, 3.63) is 56.6 Å². The minimum atomic E-state index is -0.440. The normalized spacial score (nSPS) is 24.7. The van der Waals surface area contributed by atoms with Crippen LogP contribution >= 0.6 is 23.2 Å². The van der Waals surface area contributed by atoms with Gasteiger partial charge in [0.2, 0.25) is 11.8 Å². The molecular formula is C25H26Cl2N4O4. The number of rotatable bonds is 4. The van der Waals surface area contributed by atoms with Gasteiger partial charge in [0, 0.05) is 37.9 Å². The lowest BCUT2D eigenvalue weighted by Crippen LogP contribution is -2.46. The van der Waals surface area contributed by atoms with E-state index in [0.29, 0.717) is 60.7 Å². The molecule has 2 saturated heterocycles. The molecule has 2 aromatic carbocycles. The topological polar surface area (TPSA) is 87.0 Å². The third kappa shape index (κ3) is 4.34. The summed E-state index contributed by atoms with van der Waals surface area (Å²) in [7, 11) is 0. The number of anilines is 3. The van der Waals surface area contributed by atoms with Crippen molar-refractivity contribution in [2.75, 3.05) is 40.9 Å². The number of halogens is 2. The van der Waals surface area contributed by atoms with Crippen LogP contribution in [0.25, 0.3) is 0 Å². The number of carbonyl (C=O) groups is 2. The second kappa shape index (κ2) is 9.32. The zero-order valence-electron chi connectivity index (χ0n) is 19.3. The summed E-state index contributed by atoms with van der Waals surface area (Å²) in [4.78, 5) is 43.0. The summed E-state index contributed by atoms with van der Waals surface area (Å²) in [6, 6.07) is 10.2. The van der Waals surface area contributed by atoms with Crippen LogP contribution in [0.1, 0.15) is 26.2 Å². The molecule has 3 fully saturated rings. The van der Waals surface area contributed by atoms with Gasteiger partial charge in [0.25, 0.3) is 5.69 Å². The number of fused-ring (bicyclic) bond motifs is 1. The van der Waals surface area contributed by atoms with Crippen LogP contribution in [0.5, 0.6) is 0 Å². The van der Waals surface area contributed by atoms with E-state index >= 15 is 0 Å². The summed E-state index contributed by atoms with van der Waals surface area (Å²) in [6.07, 6.45) is 2.30. The summed E-state index contributed by atoms with van der Waals surface area (Å²) in [5.74, 6) is -0.702. The molecule has 2 aromatic rings. The molecule has 5 rings (SSSR count). The smallest absolute Gasteiger partial charge is 0.294 e. The molecule has 184 valence electrons. The predicted molar refractivity (Wildman–Crippen MR) is 136 cm³/mol. The van der Waals surface area contributed by atoms with Crippen LogP contribution in [0.15, 0.2) is 36.4 Å². The van der Waals surface area contributed by atoms with E-state index in [-0.39, 0.29) is 35.0 Å². The molecule has 3 atom stereocenters. The molecule has 3 aliphatic rings. The fourth-order valence-electron chi connectivity index (χ4n) is 5.60. The van der Waals surface area contributed by atoms with Crippen LogP contribution in [0.4, 0.5) is 22.7 Å². The molecule has 0 N–H and O–H groups in total. The van der Waals surface area contributed by atoms with E-state index < -0.39 is 4.92 Å². The van der Waals surface area contributed by atoms with Gasteiger partial charge in [0.15, 0.2) is 0 Å². The number of nitro groups is 1. The predicted octanol–water partition coefficient (Wildman–Crippen LogP) is 5.15. The Morgan fingerprint density at radius 2 is 1.51 bits per heavy atom. The Labute approximate surface area is 213 Å². The number of nitro benzene ring substituents is 1. The Morgan fingerprint density at radius 3 is 2.20 bits per heavy atom. The number of nitrogens with zero attached hydrogens (tertiary/aromatic N) is 4. The van der Waals surface area contributed by atoms with Crippen molar-refractivity contribution >= 4 is 57.8 Å². The van der Waals surface area contributed by atoms with E-state index in [1.807, 2.05) is 17.0 Å². The van der Waals surface area contributed by atoms with E-state index in [4.69, 9.17) is 23.2 Å². The first kappa shape index (κ1) is 23.9. The minimum absolute atomic E-state index is 0.102. The molecular weight excluding hydrogens is 491 g/mol. The molecule has 2 aliphatic heterocycles. The number of hydrogen-bond acceptors (Lipinski definition) is 6. The number of imide groups is 1. The van der Waals surface area contributed by atoms with Crippen molar-refractivity contribution in [1.82, 2.24) is 0 Å². The van der Waals surface area contributed by atoms with E-state index in [2.05, 4.69) is 11.8 Å². The second-order valence-corrected chi connectivity index (χ2v) is 10.5. The Kier molecular flexibility index (Phi) is 6.36. The quantitative estimate of drug-likeness (QED) is 0.317. The Morgan fingerprint density at radius 1 is 0.857 bits per heavy atom. The summed E-state index contributed by atoms with van der Waals surface area (Å²) < 4.78 is 0. The fourth-order valence-corrected chi connectivity index (χ4v) is 5.89. The maximum Gasteiger partial charge on any atom is 0.294 e. The van der Waals surface area contributed by atoms with Gasteiger partial charge in [0.1, 0.15) is 5.69 Å². The lowest BCUT2D eigenvalue weighted by molar-refractivity contribution is -0.384. The molecule has 35 heavy (non-hydrogen) atoms. The monoisotopic (exact) mass is 516 g/mol. The summed E-state index contributed by atoms with van der Waals surface area (Å²) in [6.45, 7) is 4.55. The van der Waals surface area contributed by atoms with Gasteiger partial charge in [-0.15, -0.1) is 0 Å². The highest BCUT2D eigenvalue weighted by Crippen LogP contribution is 2.43. The van der Waals surface area contributed by atoms with Crippen LogP contribution in [0, 0.1) is 27.9 Å². The largest absolute Gasteiger partial charge is 0.368 e. The van der Waals surface area contributed by atoms with Crippen molar-refractivity contribution in [2.45, 2.75) is 26.2 Å². The number of hydrogen-bond donors (Lipinski definition) is 0. The van der Waals surface area contributed by atoms with Crippen LogP contribution in [-0.4, -0.2) is 42.9 Å². The first-order valence-corrected chi connectivity index (χ1v) is 12.6. The molecule has 0 bridgehead atoms. The van der Waals surface area contributed by atoms with Gasteiger partial charge in [-0.05, 0) is 55.5 Å². The molecule has 2 heterocycles. The van der Waals surface area contributed by atoms with E-state index in [1.165, 1.54) is 11.0 Å². The minimum Gasteiger partial charge on any atom is -0.368 e. The average molecular weight is 517 g/mol. The highest BCUT2D eigenvalue weighted by Gasteiger charge is 2.50. The standard InChI is InChI=1S/C25H26Cl2N4O4/c1-15-2-5-18-19(12-15)25(33)30(24(18)32)17-4-7-22(23(14-17)31(34)35)29-10-8-28(9-11-29)16-3-6-20(26)21(27)13-16/h3-4,6-7,13-15,18-19H,2,5,8-12H2,1H3/t15-,18-,19+/m1/s1. The van der Waals surface area contributed by atoms with E-state index in [0.717, 1.165) is 12.1 Å². The molecule has 1 aliphatic carbocycles. The number of benzene rings is 2. The van der Waals surface area contributed by atoms with Gasteiger partial charge in [-0.2, -0.15) is 0 Å². The fraction of sp³-hybridized carbons (Fsp3) is 0.440. The highest BCUT2D eigenvalue weighted by molar-refractivity contribution is 6.42. The van der Waals surface area contributed by atoms with Crippen LogP contribution in [-0.2, 0) is 9.59 Å². The van der Waals surface area contributed by atoms with Gasteiger partial charge in [-0.25, -0.2) is 4.90 Å². The Bertz CT molecular complexity index is 1200. The lowest BCUT2D eigenvalue weighted by atomic mass is 9.76. The van der Waals surface area contributed by atoms with Crippen molar-refractivity contribution in [2.24, 2.45) is 17.8 Å². The number of amides is 2. The average Bonchev–Trinajstić information content (AvgIpc) is 3.09. The molecule has 0 radical (unpaired) electrons. The molecule has 2 amide bonds. The first-order chi connectivity index (χ1) is 16.7. The van der Waals surface area contributed by atoms with Gasteiger partial charge in [-0.3, -0.25) is 19.7 Å². The molecule has 0 unspecified atom stereocenters. The summed E-state index contributed by atoms with van der Waals surface area (Å²) in [5.41, 5.74) is 1.62. The van der Waals surface area contributed by atoms with E-state index in [9.17, 15) is 19.7 Å². The van der Waals surface area contributed by atoms with Gasteiger partial charge in [0.05, 0.1) is 32.5 Å². The van der Waals surface area contributed by atoms with Crippen LogP contribution in [0.3, 0.4) is 0 Å². The third-order valence-corrected chi connectivity index (χ3v) is 8.23. The molecule has 10 heteroatoms. The number of carbonyl (C=O) groups excluding carboxylic acids is 2. The van der Waals surface area contributed by atoms with Crippen molar-refractivity contribution < 1.29 is 14.5 Å². The first-order valence-electron chi connectivity index (χ1n) is 11.9. The van der Waals surface area contributed by atoms with Crippen LogP contribution < -0.4 is 14.7 Å². The maximum atomic E-state index is 13.1.